The molecule has 82 valence electrons. The smallest absolute Gasteiger partial charge is 0.244 e. The second kappa shape index (κ2) is 3.95. The molecule has 2 rings (SSSR count). The van der Waals surface area contributed by atoms with Crippen molar-refractivity contribution in [2.45, 2.75) is 19.4 Å². The summed E-state index contributed by atoms with van der Waals surface area (Å²) in [4.78, 5) is 13.4. The first kappa shape index (κ1) is 10.7. The van der Waals surface area contributed by atoms with Crippen LogP contribution in [0, 0.1) is 18.3 Å². The molecule has 1 saturated heterocycles. The second-order valence-corrected chi connectivity index (χ2v) is 3.97. The van der Waals surface area contributed by atoms with Gasteiger partial charge in [0.05, 0.1) is 17.3 Å². The molecular weight excluding hydrogens is 202 g/mol. The Kier molecular flexibility index (Phi) is 2.63. The molecule has 1 aromatic rings. The van der Waals surface area contributed by atoms with Gasteiger partial charge in [0.2, 0.25) is 5.91 Å². The fourth-order valence-corrected chi connectivity index (χ4v) is 1.96. The Hall–Kier alpha value is -1.86. The van der Waals surface area contributed by atoms with Crippen LogP contribution >= 0.6 is 0 Å². The van der Waals surface area contributed by atoms with Crippen LogP contribution < -0.4 is 10.6 Å². The number of nitriles is 1. The number of nitrogens with two attached hydrogens (primary N) is 1. The fraction of sp³-hybridized carbons (Fsp3) is 0.333. The van der Waals surface area contributed by atoms with Gasteiger partial charge in [-0.15, -0.1) is 0 Å². The summed E-state index contributed by atoms with van der Waals surface area (Å²) < 4.78 is 0. The lowest BCUT2D eigenvalue weighted by molar-refractivity contribution is -0.118. The van der Waals surface area contributed by atoms with E-state index in [1.165, 1.54) is 0 Å². The number of benzene rings is 1. The maximum absolute atomic E-state index is 11.8. The van der Waals surface area contributed by atoms with Gasteiger partial charge in [0.15, 0.2) is 0 Å². The van der Waals surface area contributed by atoms with Crippen LogP contribution in [0.5, 0.6) is 0 Å². The minimum Gasteiger partial charge on any atom is -0.320 e. The number of nitrogens with zero attached hydrogens (tertiary/aromatic N) is 2. The zero-order chi connectivity index (χ0) is 11.7. The zero-order valence-corrected chi connectivity index (χ0v) is 9.10. The predicted octanol–water partition coefficient (Wildman–Crippen LogP) is 0.931. The van der Waals surface area contributed by atoms with E-state index >= 15 is 0 Å². The van der Waals surface area contributed by atoms with Crippen LogP contribution in [0.2, 0.25) is 0 Å². The number of carbonyl (C=O) groups excluding carboxylic acids is 1. The van der Waals surface area contributed by atoms with Crippen LogP contribution in [0.15, 0.2) is 18.2 Å². The minimum absolute atomic E-state index is 0.0953. The summed E-state index contributed by atoms with van der Waals surface area (Å²) in [6, 6.07) is 7.22. The molecule has 1 aliphatic rings. The van der Waals surface area contributed by atoms with Crippen molar-refractivity contribution in [2.24, 2.45) is 5.73 Å². The molecule has 0 aromatic heterocycles. The maximum atomic E-state index is 11.8. The third kappa shape index (κ3) is 1.55. The van der Waals surface area contributed by atoms with Gasteiger partial charge in [0.25, 0.3) is 0 Å². The van der Waals surface area contributed by atoms with Crippen molar-refractivity contribution in [1.82, 2.24) is 0 Å². The van der Waals surface area contributed by atoms with Crippen molar-refractivity contribution in [1.29, 1.82) is 5.26 Å². The van der Waals surface area contributed by atoms with Gasteiger partial charge < -0.3 is 10.6 Å². The average Bonchev–Trinajstić information content (AvgIpc) is 2.59. The van der Waals surface area contributed by atoms with Crippen molar-refractivity contribution in [2.75, 3.05) is 11.4 Å². The molecule has 0 spiro atoms. The fourth-order valence-electron chi connectivity index (χ4n) is 1.96. The van der Waals surface area contributed by atoms with Gasteiger partial charge in [-0.1, -0.05) is 12.1 Å². The molecule has 2 N–H and O–H groups in total. The molecule has 1 fully saturated rings. The minimum atomic E-state index is -0.424. The lowest BCUT2D eigenvalue weighted by atomic mass is 10.1. The van der Waals surface area contributed by atoms with Gasteiger partial charge in [-0.05, 0) is 25.0 Å². The SMILES string of the molecule is Cc1cccc(N2CCC(N)C2=O)c1C#N. The molecule has 0 saturated carbocycles. The lowest BCUT2D eigenvalue weighted by Gasteiger charge is -2.18. The van der Waals surface area contributed by atoms with Crippen LogP contribution in [0.25, 0.3) is 0 Å². The van der Waals surface area contributed by atoms with E-state index in [0.29, 0.717) is 24.2 Å². The van der Waals surface area contributed by atoms with Crippen molar-refractivity contribution >= 4 is 11.6 Å². The van der Waals surface area contributed by atoms with Crippen molar-refractivity contribution < 1.29 is 4.79 Å². The van der Waals surface area contributed by atoms with Crippen LogP contribution in [-0.2, 0) is 4.79 Å². The van der Waals surface area contributed by atoms with E-state index in [4.69, 9.17) is 11.0 Å². The van der Waals surface area contributed by atoms with Crippen molar-refractivity contribution in [3.05, 3.63) is 29.3 Å². The van der Waals surface area contributed by atoms with E-state index in [1.54, 1.807) is 11.0 Å². The van der Waals surface area contributed by atoms with E-state index in [-0.39, 0.29) is 5.91 Å². The highest BCUT2D eigenvalue weighted by Crippen LogP contribution is 2.26. The predicted molar refractivity (Wildman–Crippen MR) is 60.8 cm³/mol. The van der Waals surface area contributed by atoms with E-state index in [0.717, 1.165) is 5.56 Å². The highest BCUT2D eigenvalue weighted by Gasteiger charge is 2.30. The molecule has 1 amide bonds. The normalized spacial score (nSPS) is 19.9. The maximum Gasteiger partial charge on any atom is 0.244 e. The van der Waals surface area contributed by atoms with Gasteiger partial charge >= 0.3 is 0 Å². The summed E-state index contributed by atoms with van der Waals surface area (Å²) in [5, 5.41) is 9.09. The summed E-state index contributed by atoms with van der Waals surface area (Å²) in [7, 11) is 0. The largest absolute Gasteiger partial charge is 0.320 e. The molecule has 1 atom stereocenters. The molecule has 1 heterocycles. The summed E-state index contributed by atoms with van der Waals surface area (Å²) in [6.07, 6.45) is 0.650. The first-order valence-electron chi connectivity index (χ1n) is 5.22. The number of aryl methyl sites for hydroxylation is 1. The summed E-state index contributed by atoms with van der Waals surface area (Å²) >= 11 is 0. The molecule has 0 aliphatic carbocycles. The average molecular weight is 215 g/mol. The Morgan fingerprint density at radius 3 is 2.88 bits per heavy atom. The third-order valence-electron chi connectivity index (χ3n) is 2.90. The van der Waals surface area contributed by atoms with E-state index in [2.05, 4.69) is 6.07 Å². The highest BCUT2D eigenvalue weighted by molar-refractivity contribution is 6.00. The number of rotatable bonds is 1. The Labute approximate surface area is 94.3 Å². The van der Waals surface area contributed by atoms with Crippen LogP contribution in [0.4, 0.5) is 5.69 Å². The number of carbonyl (C=O) groups is 1. The topological polar surface area (TPSA) is 70.1 Å². The standard InChI is InChI=1S/C12H13N3O/c1-8-3-2-4-11(9(8)7-13)15-6-5-10(14)12(15)16/h2-4,10H,5-6,14H2,1H3. The van der Waals surface area contributed by atoms with E-state index in [9.17, 15) is 4.79 Å². The highest BCUT2D eigenvalue weighted by atomic mass is 16.2. The lowest BCUT2D eigenvalue weighted by Crippen LogP contribution is -2.34. The van der Waals surface area contributed by atoms with Gasteiger partial charge in [-0.25, -0.2) is 0 Å². The monoisotopic (exact) mass is 215 g/mol. The van der Waals surface area contributed by atoms with Crippen LogP contribution in [-0.4, -0.2) is 18.5 Å². The summed E-state index contributed by atoms with van der Waals surface area (Å²) in [5.41, 5.74) is 7.79. The molecular formula is C12H13N3O. The number of hydrogen-bond acceptors (Lipinski definition) is 3. The van der Waals surface area contributed by atoms with Crippen molar-refractivity contribution in [3.8, 4) is 6.07 Å². The Balaban J connectivity index is 2.46. The summed E-state index contributed by atoms with van der Waals surface area (Å²) in [6.45, 7) is 2.46. The molecule has 1 aromatic carbocycles. The van der Waals surface area contributed by atoms with Gasteiger partial charge in [0, 0.05) is 6.54 Å². The van der Waals surface area contributed by atoms with Gasteiger partial charge in [-0.3, -0.25) is 4.79 Å². The molecule has 0 radical (unpaired) electrons. The molecule has 0 bridgehead atoms. The molecule has 1 aliphatic heterocycles. The third-order valence-corrected chi connectivity index (χ3v) is 2.90. The second-order valence-electron chi connectivity index (χ2n) is 3.97. The number of anilines is 1. The van der Waals surface area contributed by atoms with Crippen molar-refractivity contribution in [3.63, 3.8) is 0 Å². The molecule has 4 nitrogen and oxygen atoms in total. The van der Waals surface area contributed by atoms with Gasteiger partial charge in [-0.2, -0.15) is 5.26 Å². The number of hydrogen-bond donors (Lipinski definition) is 1. The first-order valence-corrected chi connectivity index (χ1v) is 5.22. The van der Waals surface area contributed by atoms with E-state index < -0.39 is 6.04 Å². The quantitative estimate of drug-likeness (QED) is 0.757. The Morgan fingerprint density at radius 2 is 2.31 bits per heavy atom. The zero-order valence-electron chi connectivity index (χ0n) is 9.10. The van der Waals surface area contributed by atoms with Gasteiger partial charge in [0.1, 0.15) is 6.07 Å². The molecule has 1 unspecified atom stereocenters. The van der Waals surface area contributed by atoms with Crippen LogP contribution in [0.3, 0.4) is 0 Å². The summed E-state index contributed by atoms with van der Waals surface area (Å²) in [5.74, 6) is -0.0953. The molecule has 4 heteroatoms. The number of amides is 1. The Morgan fingerprint density at radius 1 is 1.56 bits per heavy atom. The molecule has 16 heavy (non-hydrogen) atoms. The van der Waals surface area contributed by atoms with E-state index in [1.807, 2.05) is 19.1 Å². The van der Waals surface area contributed by atoms with Crippen LogP contribution in [0.1, 0.15) is 17.5 Å². The first-order chi connectivity index (χ1) is 7.65. The Bertz CT molecular complexity index is 476.